The number of nitrogens with two attached hydrogens (primary N) is 2. The topological polar surface area (TPSA) is 98.5 Å². The molecule has 1 rings (SSSR count). The predicted molar refractivity (Wildman–Crippen MR) is 71.9 cm³/mol. The summed E-state index contributed by atoms with van der Waals surface area (Å²) in [5.74, 6) is -1.34. The van der Waals surface area contributed by atoms with Gasteiger partial charge in [0.2, 0.25) is 0 Å². The normalized spacial score (nSPS) is 15.9. The highest BCUT2D eigenvalue weighted by Crippen LogP contribution is 2.14. The number of benzene rings is 1. The molecule has 106 valence electrons. The molecule has 0 heterocycles. The highest BCUT2D eigenvalue weighted by atomic mass is 32.2. The van der Waals surface area contributed by atoms with Crippen LogP contribution in [0.5, 0.6) is 0 Å². The quantitative estimate of drug-likeness (QED) is 0.876. The zero-order valence-electron chi connectivity index (χ0n) is 10.9. The standard InChI is InChI=1S/C12H18FN3O2S/c1-8(2)7-10(14)12(17)16-19(15,18)11-6-4-3-5-9(11)13/h3-6,8,10H,7,14H2,1-2H3,(H2,15,16,17,18)/t10-,19?/m0/s1. The Hall–Kier alpha value is -1.31. The van der Waals surface area contributed by atoms with Gasteiger partial charge in [0.15, 0.2) is 0 Å². The molecule has 0 radical (unpaired) electrons. The van der Waals surface area contributed by atoms with Crippen LogP contribution in [0.25, 0.3) is 0 Å². The lowest BCUT2D eigenvalue weighted by atomic mass is 10.0. The summed E-state index contributed by atoms with van der Waals surface area (Å²) < 4.78 is 29.0. The van der Waals surface area contributed by atoms with Gasteiger partial charge in [-0.3, -0.25) is 4.79 Å². The third-order valence-electron chi connectivity index (χ3n) is 2.42. The van der Waals surface area contributed by atoms with E-state index >= 15 is 0 Å². The summed E-state index contributed by atoms with van der Waals surface area (Å²) in [6, 6.07) is 4.37. The molecule has 0 spiro atoms. The molecule has 0 aliphatic heterocycles. The molecule has 4 N–H and O–H groups in total. The molecule has 1 unspecified atom stereocenters. The maximum atomic E-state index is 13.5. The van der Waals surface area contributed by atoms with Gasteiger partial charge in [-0.1, -0.05) is 26.0 Å². The lowest BCUT2D eigenvalue weighted by molar-refractivity contribution is -0.119. The van der Waals surface area contributed by atoms with E-state index in [9.17, 15) is 13.4 Å². The summed E-state index contributed by atoms with van der Waals surface area (Å²) >= 11 is 0. The van der Waals surface area contributed by atoms with Crippen molar-refractivity contribution in [2.24, 2.45) is 21.2 Å². The third kappa shape index (κ3) is 4.38. The molecule has 0 aliphatic carbocycles. The molecule has 7 heteroatoms. The van der Waals surface area contributed by atoms with E-state index in [0.29, 0.717) is 6.42 Å². The second kappa shape index (κ2) is 6.23. The van der Waals surface area contributed by atoms with E-state index in [1.165, 1.54) is 18.2 Å². The van der Waals surface area contributed by atoms with Crippen LogP contribution in [0.3, 0.4) is 0 Å². The molecule has 0 aliphatic rings. The highest BCUT2D eigenvalue weighted by Gasteiger charge is 2.19. The first kappa shape index (κ1) is 15.7. The van der Waals surface area contributed by atoms with Crippen LogP contribution in [-0.2, 0) is 14.7 Å². The molecule has 1 aromatic rings. The Bertz CT molecular complexity index is 580. The number of halogens is 1. The van der Waals surface area contributed by atoms with Crippen molar-refractivity contribution in [3.63, 3.8) is 0 Å². The number of carbonyl (C=O) groups is 1. The summed E-state index contributed by atoms with van der Waals surface area (Å²) in [6.07, 6.45) is 0.398. The summed E-state index contributed by atoms with van der Waals surface area (Å²) in [7, 11) is -3.60. The zero-order chi connectivity index (χ0) is 14.6. The minimum absolute atomic E-state index is 0.191. The summed E-state index contributed by atoms with van der Waals surface area (Å²) in [6.45, 7) is 3.79. The summed E-state index contributed by atoms with van der Waals surface area (Å²) in [5, 5.41) is 5.45. The van der Waals surface area contributed by atoms with Gasteiger partial charge in [-0.25, -0.2) is 13.7 Å². The second-order valence-electron chi connectivity index (χ2n) is 4.66. The fourth-order valence-electron chi connectivity index (χ4n) is 1.54. The van der Waals surface area contributed by atoms with Crippen LogP contribution in [0.4, 0.5) is 4.39 Å². The fraction of sp³-hybridized carbons (Fsp3) is 0.417. The third-order valence-corrected chi connectivity index (χ3v) is 3.83. The monoisotopic (exact) mass is 287 g/mol. The van der Waals surface area contributed by atoms with Gasteiger partial charge >= 0.3 is 0 Å². The maximum Gasteiger partial charge on any atom is 0.271 e. The Balaban J connectivity index is 3.07. The first-order valence-electron chi connectivity index (χ1n) is 5.83. The van der Waals surface area contributed by atoms with E-state index < -0.39 is 27.7 Å². The van der Waals surface area contributed by atoms with Crippen molar-refractivity contribution in [2.45, 2.75) is 31.2 Å². The van der Waals surface area contributed by atoms with Gasteiger partial charge in [-0.05, 0) is 24.5 Å². The van der Waals surface area contributed by atoms with Gasteiger partial charge in [0.1, 0.15) is 15.7 Å². The number of rotatable bonds is 4. The number of hydrogen-bond donors (Lipinski definition) is 2. The number of carbonyl (C=O) groups excluding carboxylic acids is 1. The van der Waals surface area contributed by atoms with Crippen LogP contribution in [0, 0.1) is 11.7 Å². The summed E-state index contributed by atoms with van der Waals surface area (Å²) in [5.41, 5.74) is 5.62. The first-order valence-corrected chi connectivity index (χ1v) is 7.40. The van der Waals surface area contributed by atoms with Gasteiger partial charge in [-0.2, -0.15) is 0 Å². The molecule has 0 bridgehead atoms. The van der Waals surface area contributed by atoms with E-state index in [-0.39, 0.29) is 10.8 Å². The van der Waals surface area contributed by atoms with E-state index in [1.54, 1.807) is 0 Å². The van der Waals surface area contributed by atoms with Gasteiger partial charge < -0.3 is 5.73 Å². The van der Waals surface area contributed by atoms with Crippen LogP contribution in [0.2, 0.25) is 0 Å². The number of hydrogen-bond acceptors (Lipinski definition) is 3. The van der Waals surface area contributed by atoms with Crippen molar-refractivity contribution in [1.29, 1.82) is 0 Å². The van der Waals surface area contributed by atoms with Gasteiger partial charge in [-0.15, -0.1) is 4.36 Å². The molecular formula is C12H18FN3O2S. The van der Waals surface area contributed by atoms with Crippen molar-refractivity contribution >= 4 is 15.8 Å². The van der Waals surface area contributed by atoms with E-state index in [4.69, 9.17) is 10.9 Å². The van der Waals surface area contributed by atoms with Gasteiger partial charge in [0, 0.05) is 0 Å². The van der Waals surface area contributed by atoms with Crippen molar-refractivity contribution in [3.8, 4) is 0 Å². The lowest BCUT2D eigenvalue weighted by Crippen LogP contribution is -2.32. The Morgan fingerprint density at radius 2 is 2.00 bits per heavy atom. The van der Waals surface area contributed by atoms with Crippen molar-refractivity contribution in [3.05, 3.63) is 30.1 Å². The average molecular weight is 287 g/mol. The number of nitrogens with zero attached hydrogens (tertiary/aromatic N) is 1. The Kier molecular flexibility index (Phi) is 5.16. The lowest BCUT2D eigenvalue weighted by Gasteiger charge is -2.11. The van der Waals surface area contributed by atoms with E-state index in [2.05, 4.69) is 4.36 Å². The van der Waals surface area contributed by atoms with Crippen LogP contribution < -0.4 is 10.9 Å². The minimum Gasteiger partial charge on any atom is -0.320 e. The zero-order valence-corrected chi connectivity index (χ0v) is 11.7. The smallest absolute Gasteiger partial charge is 0.271 e. The van der Waals surface area contributed by atoms with Crippen LogP contribution in [0.15, 0.2) is 33.5 Å². The molecule has 0 saturated carbocycles. The van der Waals surface area contributed by atoms with Crippen LogP contribution in [-0.4, -0.2) is 16.2 Å². The molecule has 0 fully saturated rings. The molecule has 19 heavy (non-hydrogen) atoms. The minimum atomic E-state index is -3.60. The molecule has 0 saturated heterocycles. The number of amides is 1. The maximum absolute atomic E-state index is 13.5. The van der Waals surface area contributed by atoms with Crippen molar-refractivity contribution in [2.75, 3.05) is 0 Å². The first-order chi connectivity index (χ1) is 8.74. The molecule has 1 aromatic carbocycles. The average Bonchev–Trinajstić information content (AvgIpc) is 2.27. The second-order valence-corrected chi connectivity index (χ2v) is 6.42. The largest absolute Gasteiger partial charge is 0.320 e. The SMILES string of the molecule is CC(C)C[C@H](N)C(=O)N=S(N)(=O)c1ccccc1F. The van der Waals surface area contributed by atoms with E-state index in [0.717, 1.165) is 6.07 Å². The fourth-order valence-corrected chi connectivity index (χ4v) is 2.66. The Morgan fingerprint density at radius 3 is 2.53 bits per heavy atom. The molecule has 1 amide bonds. The van der Waals surface area contributed by atoms with Crippen molar-refractivity contribution < 1.29 is 13.4 Å². The molecule has 0 aromatic heterocycles. The summed E-state index contributed by atoms with van der Waals surface area (Å²) in [4.78, 5) is 11.4. The van der Waals surface area contributed by atoms with Gasteiger partial charge in [0.05, 0.1) is 10.9 Å². The van der Waals surface area contributed by atoms with Crippen LogP contribution in [0.1, 0.15) is 20.3 Å². The Labute approximate surface area is 112 Å². The highest BCUT2D eigenvalue weighted by molar-refractivity contribution is 7.91. The van der Waals surface area contributed by atoms with E-state index in [1.807, 2.05) is 13.8 Å². The molecule has 5 nitrogen and oxygen atoms in total. The Morgan fingerprint density at radius 1 is 1.42 bits per heavy atom. The molecular weight excluding hydrogens is 269 g/mol. The van der Waals surface area contributed by atoms with Crippen LogP contribution >= 0.6 is 0 Å². The predicted octanol–water partition coefficient (Wildman–Crippen LogP) is 1.43. The van der Waals surface area contributed by atoms with Crippen molar-refractivity contribution in [1.82, 2.24) is 0 Å². The molecule has 2 atom stereocenters. The van der Waals surface area contributed by atoms with Gasteiger partial charge in [0.25, 0.3) is 5.91 Å².